The minimum atomic E-state index is -0.791. The zero-order valence-electron chi connectivity index (χ0n) is 22.7. The van der Waals surface area contributed by atoms with Gasteiger partial charge in [-0.2, -0.15) is 0 Å². The van der Waals surface area contributed by atoms with Crippen molar-refractivity contribution in [2.45, 2.75) is 81.2 Å². The van der Waals surface area contributed by atoms with E-state index < -0.39 is 17.2 Å². The van der Waals surface area contributed by atoms with Crippen LogP contribution >= 0.6 is 23.4 Å². The van der Waals surface area contributed by atoms with Crippen molar-refractivity contribution in [2.75, 3.05) is 27.1 Å². The number of carbonyl (C=O) groups is 1. The third kappa shape index (κ3) is 10.3. The van der Waals surface area contributed by atoms with E-state index in [2.05, 4.69) is 5.32 Å². The highest BCUT2D eigenvalue weighted by atomic mass is 35.5. The first-order valence-corrected chi connectivity index (χ1v) is 13.7. The average Bonchev–Trinajstić information content (AvgIpc) is 2.82. The van der Waals surface area contributed by atoms with Gasteiger partial charge in [-0.15, -0.1) is 0 Å². The minimum Gasteiger partial charge on any atom is -0.494 e. The SMILES string of the molecule is CCC[C@@](CO)(CCc1ccc(Sc2cc(OCC)ccc2OCOC)cc1Cl)NC(=O)OC(C)(C)C. The number of aliphatic hydroxyl groups is 1. The Morgan fingerprint density at radius 2 is 1.84 bits per heavy atom. The molecule has 0 aromatic heterocycles. The monoisotopic (exact) mass is 553 g/mol. The molecule has 0 aliphatic heterocycles. The van der Waals surface area contributed by atoms with E-state index >= 15 is 0 Å². The Morgan fingerprint density at radius 3 is 2.43 bits per heavy atom. The molecule has 2 aromatic carbocycles. The van der Waals surface area contributed by atoms with E-state index in [-0.39, 0.29) is 13.4 Å². The molecule has 0 saturated heterocycles. The molecule has 0 unspecified atom stereocenters. The van der Waals surface area contributed by atoms with Gasteiger partial charge >= 0.3 is 6.09 Å². The summed E-state index contributed by atoms with van der Waals surface area (Å²) in [4.78, 5) is 14.3. The van der Waals surface area contributed by atoms with Gasteiger partial charge in [0.2, 0.25) is 0 Å². The van der Waals surface area contributed by atoms with Crippen molar-refractivity contribution in [3.63, 3.8) is 0 Å². The maximum Gasteiger partial charge on any atom is 0.408 e. The molecule has 0 aliphatic carbocycles. The smallest absolute Gasteiger partial charge is 0.408 e. The van der Waals surface area contributed by atoms with E-state index in [9.17, 15) is 9.90 Å². The van der Waals surface area contributed by atoms with Gasteiger partial charge in [-0.25, -0.2) is 4.79 Å². The average molecular weight is 554 g/mol. The highest BCUT2D eigenvalue weighted by molar-refractivity contribution is 7.99. The maximum absolute atomic E-state index is 12.5. The number of alkyl carbamates (subject to hydrolysis) is 1. The van der Waals surface area contributed by atoms with Crippen LogP contribution in [0.5, 0.6) is 11.5 Å². The second-order valence-corrected chi connectivity index (χ2v) is 11.3. The molecule has 0 fully saturated rings. The summed E-state index contributed by atoms with van der Waals surface area (Å²) in [5.41, 5.74) is -0.476. The van der Waals surface area contributed by atoms with Gasteiger partial charge in [0.15, 0.2) is 6.79 Å². The van der Waals surface area contributed by atoms with Gasteiger partial charge in [-0.05, 0) is 82.9 Å². The van der Waals surface area contributed by atoms with Crippen molar-refractivity contribution in [1.82, 2.24) is 5.32 Å². The van der Waals surface area contributed by atoms with Gasteiger partial charge in [-0.3, -0.25) is 0 Å². The molecule has 2 N–H and O–H groups in total. The quantitative estimate of drug-likeness (QED) is 0.247. The van der Waals surface area contributed by atoms with E-state index in [1.54, 1.807) is 7.11 Å². The number of nitrogens with one attached hydrogen (secondary N) is 1. The van der Waals surface area contributed by atoms with Gasteiger partial charge in [0.05, 0.1) is 23.6 Å². The lowest BCUT2D eigenvalue weighted by Crippen LogP contribution is -2.53. The highest BCUT2D eigenvalue weighted by Crippen LogP contribution is 2.39. The van der Waals surface area contributed by atoms with Crippen LogP contribution in [0.3, 0.4) is 0 Å². The zero-order chi connectivity index (χ0) is 27.5. The molecule has 0 aliphatic rings. The molecule has 37 heavy (non-hydrogen) atoms. The van der Waals surface area contributed by atoms with Gasteiger partial charge in [0.25, 0.3) is 0 Å². The number of rotatable bonds is 14. The summed E-state index contributed by atoms with van der Waals surface area (Å²) in [7, 11) is 1.58. The second kappa shape index (κ2) is 14.7. The van der Waals surface area contributed by atoms with E-state index in [1.807, 2.05) is 71.0 Å². The van der Waals surface area contributed by atoms with Crippen molar-refractivity contribution in [3.8, 4) is 11.5 Å². The van der Waals surface area contributed by atoms with Gasteiger partial charge < -0.3 is 29.4 Å². The van der Waals surface area contributed by atoms with Crippen LogP contribution in [0.25, 0.3) is 0 Å². The van der Waals surface area contributed by atoms with E-state index in [0.29, 0.717) is 36.6 Å². The van der Waals surface area contributed by atoms with Gasteiger partial charge in [0, 0.05) is 17.0 Å². The molecule has 2 rings (SSSR count). The molecule has 0 radical (unpaired) electrons. The number of aliphatic hydroxyl groups excluding tert-OH is 1. The number of amides is 1. The molecule has 1 amide bonds. The molecule has 0 bridgehead atoms. The van der Waals surface area contributed by atoms with Crippen LogP contribution in [0, 0.1) is 0 Å². The summed E-state index contributed by atoms with van der Waals surface area (Å²) in [5.74, 6) is 1.45. The topological polar surface area (TPSA) is 86.3 Å². The standard InChI is InChI=1S/C28H40ClNO6S/c1-7-14-28(18-31,30-26(32)36-27(3,4)5)15-13-20-9-11-22(17-23(20)29)37-25-16-21(34-8-2)10-12-24(25)35-19-33-6/h9-12,16-17,31H,7-8,13-15,18-19H2,1-6H3,(H,30,32)/t28-/m0/s1. The van der Waals surface area contributed by atoms with Gasteiger partial charge in [-0.1, -0.05) is 42.8 Å². The first-order chi connectivity index (χ1) is 17.5. The van der Waals surface area contributed by atoms with Crippen molar-refractivity contribution in [2.24, 2.45) is 0 Å². The first kappa shape index (κ1) is 31.1. The number of methoxy groups -OCH3 is 1. The fourth-order valence-corrected chi connectivity index (χ4v) is 5.12. The number of carbonyl (C=O) groups excluding carboxylic acids is 1. The van der Waals surface area contributed by atoms with Crippen LogP contribution in [0.15, 0.2) is 46.2 Å². The van der Waals surface area contributed by atoms with Crippen molar-refractivity contribution < 1.29 is 28.8 Å². The summed E-state index contributed by atoms with van der Waals surface area (Å²) in [5, 5.41) is 13.8. The predicted octanol–water partition coefficient (Wildman–Crippen LogP) is 6.86. The molecule has 2 aromatic rings. The fourth-order valence-electron chi connectivity index (χ4n) is 3.81. The van der Waals surface area contributed by atoms with Gasteiger partial charge in [0.1, 0.15) is 17.1 Å². The van der Waals surface area contributed by atoms with Crippen molar-refractivity contribution in [1.29, 1.82) is 0 Å². The zero-order valence-corrected chi connectivity index (χ0v) is 24.3. The van der Waals surface area contributed by atoms with E-state index in [4.69, 9.17) is 30.5 Å². The van der Waals surface area contributed by atoms with Crippen LogP contribution in [0.1, 0.15) is 59.4 Å². The van der Waals surface area contributed by atoms with E-state index in [0.717, 1.165) is 27.5 Å². The Balaban J connectivity index is 2.17. The lowest BCUT2D eigenvalue weighted by molar-refractivity contribution is 0.0373. The molecule has 0 saturated carbocycles. The Labute approximate surface area is 230 Å². The molecule has 0 spiro atoms. The van der Waals surface area contributed by atoms with Crippen LogP contribution in [-0.2, 0) is 15.9 Å². The Bertz CT molecular complexity index is 1010. The molecular weight excluding hydrogens is 514 g/mol. The molecule has 0 heterocycles. The summed E-state index contributed by atoms with van der Waals surface area (Å²) < 4.78 is 21.9. The molecule has 1 atom stereocenters. The van der Waals surface area contributed by atoms with Crippen LogP contribution in [0.2, 0.25) is 5.02 Å². The Hall–Kier alpha value is -2.13. The normalized spacial score (nSPS) is 13.1. The first-order valence-electron chi connectivity index (χ1n) is 12.5. The number of halogens is 1. The maximum atomic E-state index is 12.5. The fraction of sp³-hybridized carbons (Fsp3) is 0.536. The van der Waals surface area contributed by atoms with Crippen LogP contribution in [-0.4, -0.2) is 49.5 Å². The number of aryl methyl sites for hydroxylation is 1. The molecule has 7 nitrogen and oxygen atoms in total. The summed E-state index contributed by atoms with van der Waals surface area (Å²) in [6.07, 6.45) is 1.99. The predicted molar refractivity (Wildman–Crippen MR) is 148 cm³/mol. The lowest BCUT2D eigenvalue weighted by atomic mass is 9.87. The Kier molecular flexibility index (Phi) is 12.4. The van der Waals surface area contributed by atoms with Crippen LogP contribution in [0.4, 0.5) is 4.79 Å². The minimum absolute atomic E-state index is 0.142. The van der Waals surface area contributed by atoms with Crippen molar-refractivity contribution in [3.05, 3.63) is 47.0 Å². The summed E-state index contributed by atoms with van der Waals surface area (Å²) in [6, 6.07) is 11.6. The number of hydrogen-bond donors (Lipinski definition) is 2. The third-order valence-electron chi connectivity index (χ3n) is 5.48. The van der Waals surface area contributed by atoms with E-state index in [1.165, 1.54) is 11.8 Å². The largest absolute Gasteiger partial charge is 0.494 e. The molecular formula is C28H40ClNO6S. The second-order valence-electron chi connectivity index (χ2n) is 9.76. The number of hydrogen-bond acceptors (Lipinski definition) is 7. The molecule has 206 valence electrons. The van der Waals surface area contributed by atoms with Crippen molar-refractivity contribution >= 4 is 29.5 Å². The molecule has 9 heteroatoms. The highest BCUT2D eigenvalue weighted by Gasteiger charge is 2.32. The summed E-state index contributed by atoms with van der Waals surface area (Å²) in [6.45, 7) is 9.92. The number of benzene rings is 2. The number of ether oxygens (including phenoxy) is 4. The third-order valence-corrected chi connectivity index (χ3v) is 6.86. The summed E-state index contributed by atoms with van der Waals surface area (Å²) >= 11 is 8.20. The lowest BCUT2D eigenvalue weighted by Gasteiger charge is -2.34. The Morgan fingerprint density at radius 1 is 1.08 bits per heavy atom. The van der Waals surface area contributed by atoms with Crippen LogP contribution < -0.4 is 14.8 Å².